The van der Waals surface area contributed by atoms with Crippen LogP contribution in [0.3, 0.4) is 0 Å². The Labute approximate surface area is 207 Å². The van der Waals surface area contributed by atoms with Crippen molar-refractivity contribution >= 4 is 0 Å². The van der Waals surface area contributed by atoms with Crippen LogP contribution in [0, 0.1) is 0 Å². The molecule has 2 heterocycles. The summed E-state index contributed by atoms with van der Waals surface area (Å²) in [6, 6.07) is 24.0. The molecule has 0 radical (unpaired) electrons. The van der Waals surface area contributed by atoms with Crippen molar-refractivity contribution in [1.29, 1.82) is 0 Å². The normalized spacial score (nSPS) is 22.2. The van der Waals surface area contributed by atoms with Crippen LogP contribution in [-0.4, -0.2) is 30.9 Å². The summed E-state index contributed by atoms with van der Waals surface area (Å²) < 4.78 is 23.6. The van der Waals surface area contributed by atoms with Gasteiger partial charge in [-0.25, -0.2) is 0 Å². The van der Waals surface area contributed by atoms with Crippen molar-refractivity contribution in [3.05, 3.63) is 89.5 Å². The lowest BCUT2D eigenvalue weighted by Crippen LogP contribution is -2.26. The summed E-state index contributed by atoms with van der Waals surface area (Å²) in [5.74, 6) is 1.87. The van der Waals surface area contributed by atoms with Crippen molar-refractivity contribution in [2.24, 2.45) is 0 Å². The maximum atomic E-state index is 9.89. The van der Waals surface area contributed by atoms with Crippen molar-refractivity contribution < 1.29 is 24.1 Å². The Morgan fingerprint density at radius 1 is 0.629 bits per heavy atom. The van der Waals surface area contributed by atoms with Crippen LogP contribution in [0.25, 0.3) is 0 Å². The van der Waals surface area contributed by atoms with E-state index in [1.807, 2.05) is 36.4 Å². The summed E-state index contributed by atoms with van der Waals surface area (Å²) in [5.41, 5.74) is 2.91. The molecule has 5 heteroatoms. The predicted molar refractivity (Wildman–Crippen MR) is 135 cm³/mol. The molecule has 5 rings (SSSR count). The number of phenolic OH excluding ortho intramolecular Hbond substituents is 1. The van der Waals surface area contributed by atoms with Crippen LogP contribution < -0.4 is 9.47 Å². The van der Waals surface area contributed by atoms with Gasteiger partial charge in [0.2, 0.25) is 0 Å². The van der Waals surface area contributed by atoms with Gasteiger partial charge in [-0.05, 0) is 85.7 Å². The SMILES string of the molecule is CC(c1ccc(O)cc1)(c1ccc(OC2CCCCO2)cc1)c1ccc(OC2CCCCO2)cc1. The summed E-state index contributed by atoms with van der Waals surface area (Å²) in [6.07, 6.45) is 5.98. The van der Waals surface area contributed by atoms with Gasteiger partial charge in [-0.3, -0.25) is 0 Å². The number of aromatic hydroxyl groups is 1. The number of rotatable bonds is 7. The van der Waals surface area contributed by atoms with Gasteiger partial charge in [-0.15, -0.1) is 0 Å². The molecule has 0 amide bonds. The summed E-state index contributed by atoms with van der Waals surface area (Å²) >= 11 is 0. The van der Waals surface area contributed by atoms with Gasteiger partial charge in [0.1, 0.15) is 17.2 Å². The topological polar surface area (TPSA) is 57.2 Å². The molecule has 2 fully saturated rings. The summed E-state index contributed by atoms with van der Waals surface area (Å²) in [7, 11) is 0. The number of hydrogen-bond acceptors (Lipinski definition) is 5. The smallest absolute Gasteiger partial charge is 0.199 e. The Morgan fingerprint density at radius 2 is 1.03 bits per heavy atom. The summed E-state index contributed by atoms with van der Waals surface area (Å²) in [4.78, 5) is 0. The van der Waals surface area contributed by atoms with Gasteiger partial charge in [0.25, 0.3) is 0 Å². The van der Waals surface area contributed by atoms with Crippen LogP contribution in [0.1, 0.15) is 62.1 Å². The molecule has 2 aliphatic heterocycles. The van der Waals surface area contributed by atoms with Gasteiger partial charge < -0.3 is 24.1 Å². The van der Waals surface area contributed by atoms with E-state index in [-0.39, 0.29) is 18.3 Å². The number of hydrogen-bond donors (Lipinski definition) is 1. The number of benzene rings is 3. The first-order valence-electron chi connectivity index (χ1n) is 12.7. The van der Waals surface area contributed by atoms with Crippen molar-refractivity contribution in [3.8, 4) is 17.2 Å². The summed E-state index contributed by atoms with van der Waals surface area (Å²) in [6.45, 7) is 3.72. The molecule has 3 aromatic carbocycles. The fraction of sp³-hybridized carbons (Fsp3) is 0.400. The van der Waals surface area contributed by atoms with Crippen molar-refractivity contribution in [2.75, 3.05) is 13.2 Å². The Bertz CT molecular complexity index is 1000. The predicted octanol–water partition coefficient (Wildman–Crippen LogP) is 6.56. The number of phenols is 1. The summed E-state index contributed by atoms with van der Waals surface area (Å²) in [5, 5.41) is 9.89. The van der Waals surface area contributed by atoms with Crippen LogP contribution >= 0.6 is 0 Å². The molecule has 5 nitrogen and oxygen atoms in total. The van der Waals surface area contributed by atoms with Crippen LogP contribution in [0.2, 0.25) is 0 Å². The molecule has 0 saturated carbocycles. The quantitative estimate of drug-likeness (QED) is 0.393. The Balaban J connectivity index is 1.42. The Kier molecular flexibility index (Phi) is 7.26. The van der Waals surface area contributed by atoms with E-state index < -0.39 is 5.41 Å². The van der Waals surface area contributed by atoms with Gasteiger partial charge >= 0.3 is 0 Å². The third-order valence-corrected chi connectivity index (χ3v) is 7.12. The van der Waals surface area contributed by atoms with Gasteiger partial charge in [0.15, 0.2) is 12.6 Å². The maximum Gasteiger partial charge on any atom is 0.199 e. The first-order chi connectivity index (χ1) is 17.1. The highest BCUT2D eigenvalue weighted by Gasteiger charge is 2.31. The van der Waals surface area contributed by atoms with Crippen LogP contribution in [0.15, 0.2) is 72.8 Å². The van der Waals surface area contributed by atoms with Crippen molar-refractivity contribution in [1.82, 2.24) is 0 Å². The zero-order valence-electron chi connectivity index (χ0n) is 20.3. The molecule has 184 valence electrons. The van der Waals surface area contributed by atoms with E-state index in [2.05, 4.69) is 31.2 Å². The third kappa shape index (κ3) is 5.47. The molecule has 2 atom stereocenters. The zero-order valence-corrected chi connectivity index (χ0v) is 20.3. The van der Waals surface area contributed by atoms with E-state index in [1.54, 1.807) is 12.1 Å². The molecule has 3 aromatic rings. The average Bonchev–Trinajstić information content (AvgIpc) is 2.91. The highest BCUT2D eigenvalue weighted by Crippen LogP contribution is 2.40. The van der Waals surface area contributed by atoms with Gasteiger partial charge in [-0.2, -0.15) is 0 Å². The lowest BCUT2D eigenvalue weighted by Gasteiger charge is -2.32. The third-order valence-electron chi connectivity index (χ3n) is 7.12. The zero-order chi connectivity index (χ0) is 24.1. The molecular weight excluding hydrogens is 440 g/mol. The van der Waals surface area contributed by atoms with E-state index in [9.17, 15) is 5.11 Å². The van der Waals surface area contributed by atoms with Gasteiger partial charge in [0, 0.05) is 18.3 Å². The molecule has 0 aliphatic carbocycles. The Hall–Kier alpha value is -3.02. The van der Waals surface area contributed by atoms with E-state index in [0.29, 0.717) is 0 Å². The molecular formula is C30H34O5. The molecule has 0 aromatic heterocycles. The largest absolute Gasteiger partial charge is 0.508 e. The van der Waals surface area contributed by atoms with Crippen molar-refractivity contribution in [2.45, 2.75) is 63.4 Å². The highest BCUT2D eigenvalue weighted by atomic mass is 16.7. The lowest BCUT2D eigenvalue weighted by atomic mass is 9.71. The van der Waals surface area contributed by atoms with Crippen LogP contribution in [-0.2, 0) is 14.9 Å². The fourth-order valence-corrected chi connectivity index (χ4v) is 4.94. The average molecular weight is 475 g/mol. The molecule has 0 spiro atoms. The van der Waals surface area contributed by atoms with E-state index in [1.165, 1.54) is 0 Å². The lowest BCUT2D eigenvalue weighted by molar-refractivity contribution is -0.106. The fourth-order valence-electron chi connectivity index (χ4n) is 4.94. The standard InChI is InChI=1S/C30H34O5/c1-30(22-8-14-25(31)15-9-22,23-10-16-26(17-11-23)34-28-6-2-4-20-32-28)24-12-18-27(19-13-24)35-29-7-3-5-21-33-29/h8-19,28-29,31H,2-7,20-21H2,1H3. The molecule has 2 aliphatic rings. The second-order valence-corrected chi connectivity index (χ2v) is 9.55. The second-order valence-electron chi connectivity index (χ2n) is 9.55. The monoisotopic (exact) mass is 474 g/mol. The minimum absolute atomic E-state index is 0.168. The first kappa shape index (κ1) is 23.7. The van der Waals surface area contributed by atoms with Gasteiger partial charge in [-0.1, -0.05) is 36.4 Å². The van der Waals surface area contributed by atoms with E-state index in [4.69, 9.17) is 18.9 Å². The molecule has 35 heavy (non-hydrogen) atoms. The molecule has 1 N–H and O–H groups in total. The minimum Gasteiger partial charge on any atom is -0.508 e. The molecule has 0 bridgehead atoms. The first-order valence-corrected chi connectivity index (χ1v) is 12.7. The van der Waals surface area contributed by atoms with E-state index in [0.717, 1.165) is 79.9 Å². The van der Waals surface area contributed by atoms with E-state index >= 15 is 0 Å². The second kappa shape index (κ2) is 10.7. The molecule has 2 unspecified atom stereocenters. The minimum atomic E-state index is -0.437. The van der Waals surface area contributed by atoms with Crippen molar-refractivity contribution in [3.63, 3.8) is 0 Å². The van der Waals surface area contributed by atoms with Crippen LogP contribution in [0.5, 0.6) is 17.2 Å². The maximum absolute atomic E-state index is 9.89. The Morgan fingerprint density at radius 3 is 1.40 bits per heavy atom. The molecule has 2 saturated heterocycles. The number of ether oxygens (including phenoxy) is 4. The van der Waals surface area contributed by atoms with Crippen LogP contribution in [0.4, 0.5) is 0 Å². The highest BCUT2D eigenvalue weighted by molar-refractivity contribution is 5.52. The van der Waals surface area contributed by atoms with Gasteiger partial charge in [0.05, 0.1) is 13.2 Å².